The molecule has 0 aromatic carbocycles. The lowest BCUT2D eigenvalue weighted by Gasteiger charge is -2.32. The molecule has 0 aromatic heterocycles. The molecule has 0 aromatic rings. The second kappa shape index (κ2) is 8.14. The number of halogens is 1. The first-order valence-corrected chi connectivity index (χ1v) is 8.70. The fourth-order valence-electron chi connectivity index (χ4n) is 3.13. The number of carbonyl (C=O) groups is 1. The smallest absolute Gasteiger partial charge is 0.302 e. The Hall–Kier alpha value is -0.830. The Labute approximate surface area is 140 Å². The molecule has 2 aliphatic rings. The summed E-state index contributed by atoms with van der Waals surface area (Å²) < 4.78 is 17.8. The van der Waals surface area contributed by atoms with Gasteiger partial charge in [-0.2, -0.15) is 0 Å². The van der Waals surface area contributed by atoms with E-state index in [1.807, 2.05) is 6.08 Å². The van der Waals surface area contributed by atoms with Gasteiger partial charge in [0.15, 0.2) is 0 Å². The van der Waals surface area contributed by atoms with Gasteiger partial charge in [-0.25, -0.2) is 0 Å². The van der Waals surface area contributed by atoms with Crippen LogP contribution >= 0.6 is 15.9 Å². The van der Waals surface area contributed by atoms with Crippen LogP contribution in [0.3, 0.4) is 0 Å². The summed E-state index contributed by atoms with van der Waals surface area (Å²) in [5.74, 6) is 2.22. The number of terminal acetylenes is 1. The summed E-state index contributed by atoms with van der Waals surface area (Å²) in [5.41, 5.74) is 0. The highest BCUT2D eigenvalue weighted by molar-refractivity contribution is 9.09. The third-order valence-electron chi connectivity index (χ3n) is 4.16. The lowest BCUT2D eigenvalue weighted by atomic mass is 9.97. The van der Waals surface area contributed by atoms with E-state index in [2.05, 4.69) is 28.8 Å². The van der Waals surface area contributed by atoms with E-state index in [4.69, 9.17) is 20.6 Å². The van der Waals surface area contributed by atoms with Crippen LogP contribution in [0, 0.1) is 12.3 Å². The van der Waals surface area contributed by atoms with Gasteiger partial charge in [-0.1, -0.05) is 34.9 Å². The molecule has 22 heavy (non-hydrogen) atoms. The van der Waals surface area contributed by atoms with Crippen LogP contribution in [-0.4, -0.2) is 41.3 Å². The van der Waals surface area contributed by atoms with Gasteiger partial charge in [0.2, 0.25) is 0 Å². The van der Waals surface area contributed by atoms with Crippen molar-refractivity contribution in [3.05, 3.63) is 12.2 Å². The summed E-state index contributed by atoms with van der Waals surface area (Å²) in [4.78, 5) is 11.5. The number of alkyl halides is 1. The minimum absolute atomic E-state index is 0.00998. The first-order valence-electron chi connectivity index (χ1n) is 7.78. The first-order chi connectivity index (χ1) is 10.5. The van der Waals surface area contributed by atoms with E-state index in [1.54, 1.807) is 6.08 Å². The normalized spacial score (nSPS) is 38.3. The first kappa shape index (κ1) is 17.5. The zero-order valence-corrected chi connectivity index (χ0v) is 14.6. The molecule has 2 aliphatic heterocycles. The largest absolute Gasteiger partial charge is 0.460 e. The molecule has 0 saturated carbocycles. The Morgan fingerprint density at radius 2 is 2.09 bits per heavy atom. The summed E-state index contributed by atoms with van der Waals surface area (Å²) in [6.07, 6.45) is 11.6. The van der Waals surface area contributed by atoms with Gasteiger partial charge in [-0.15, -0.1) is 6.42 Å². The maximum absolute atomic E-state index is 11.4. The van der Waals surface area contributed by atoms with Crippen LogP contribution < -0.4 is 0 Å². The molecule has 1 unspecified atom stereocenters. The van der Waals surface area contributed by atoms with Crippen LogP contribution in [0.4, 0.5) is 0 Å². The Balaban J connectivity index is 2.14. The number of fused-ring (bicyclic) bond motifs is 2. The molecule has 122 valence electrons. The molecule has 0 aliphatic carbocycles. The van der Waals surface area contributed by atoms with Gasteiger partial charge in [0, 0.05) is 24.6 Å². The summed E-state index contributed by atoms with van der Waals surface area (Å²) in [7, 11) is 0. The highest BCUT2D eigenvalue weighted by atomic mass is 79.9. The van der Waals surface area contributed by atoms with Crippen LogP contribution in [0.1, 0.15) is 39.5 Å². The van der Waals surface area contributed by atoms with Gasteiger partial charge >= 0.3 is 5.97 Å². The van der Waals surface area contributed by atoms with E-state index in [9.17, 15) is 4.79 Å². The van der Waals surface area contributed by atoms with Crippen LogP contribution in [0.15, 0.2) is 12.2 Å². The Morgan fingerprint density at radius 3 is 2.73 bits per heavy atom. The molecule has 5 heteroatoms. The minimum atomic E-state index is -0.268. The highest BCUT2D eigenvalue weighted by Gasteiger charge is 2.45. The zero-order valence-electron chi connectivity index (χ0n) is 13.0. The van der Waals surface area contributed by atoms with E-state index in [1.165, 1.54) is 6.92 Å². The molecule has 2 saturated heterocycles. The number of ether oxygens (including phenoxy) is 3. The second-order valence-corrected chi connectivity index (χ2v) is 6.95. The molecule has 4 nitrogen and oxygen atoms in total. The van der Waals surface area contributed by atoms with Crippen LogP contribution in [0.2, 0.25) is 0 Å². The molecule has 0 radical (unpaired) electrons. The van der Waals surface area contributed by atoms with Crippen LogP contribution in [0.25, 0.3) is 0 Å². The van der Waals surface area contributed by atoms with Crippen molar-refractivity contribution in [2.24, 2.45) is 0 Å². The maximum Gasteiger partial charge on any atom is 0.302 e. The van der Waals surface area contributed by atoms with Gasteiger partial charge in [0.05, 0.1) is 24.4 Å². The van der Waals surface area contributed by atoms with Gasteiger partial charge in [-0.05, 0) is 18.9 Å². The molecule has 0 N–H and O–H groups in total. The molecular formula is C17H23BrO4. The van der Waals surface area contributed by atoms with E-state index in [0.717, 1.165) is 12.8 Å². The summed E-state index contributed by atoms with van der Waals surface area (Å²) in [6, 6.07) is 0. The quantitative estimate of drug-likeness (QED) is 0.433. The van der Waals surface area contributed by atoms with Gasteiger partial charge in [0.1, 0.15) is 6.10 Å². The molecular weight excluding hydrogens is 348 g/mol. The maximum atomic E-state index is 11.4. The monoisotopic (exact) mass is 370 g/mol. The Bertz CT molecular complexity index is 456. The van der Waals surface area contributed by atoms with Crippen molar-refractivity contribution < 1.29 is 19.0 Å². The molecule has 2 heterocycles. The molecule has 2 bridgehead atoms. The number of carbonyl (C=O) groups excluding carboxylic acids is 1. The van der Waals surface area contributed by atoms with Gasteiger partial charge in [-0.3, -0.25) is 4.79 Å². The zero-order chi connectivity index (χ0) is 16.1. The summed E-state index contributed by atoms with van der Waals surface area (Å²) >= 11 is 3.68. The van der Waals surface area contributed by atoms with Crippen molar-refractivity contribution in [3.63, 3.8) is 0 Å². The average Bonchev–Trinajstić information content (AvgIpc) is 2.87. The molecule has 2 fully saturated rings. The fraction of sp³-hybridized carbons (Fsp3) is 0.706. The Morgan fingerprint density at radius 1 is 1.36 bits per heavy atom. The van der Waals surface area contributed by atoms with Crippen molar-refractivity contribution in [2.75, 3.05) is 0 Å². The van der Waals surface area contributed by atoms with E-state index < -0.39 is 0 Å². The number of rotatable bonds is 4. The Kier molecular flexibility index (Phi) is 6.49. The second-order valence-electron chi connectivity index (χ2n) is 5.77. The van der Waals surface area contributed by atoms with Gasteiger partial charge < -0.3 is 14.2 Å². The number of allylic oxidation sites excluding steroid dienone is 1. The van der Waals surface area contributed by atoms with Crippen molar-refractivity contribution >= 4 is 21.9 Å². The summed E-state index contributed by atoms with van der Waals surface area (Å²) in [6.45, 7) is 3.54. The van der Waals surface area contributed by atoms with Crippen molar-refractivity contribution in [1.82, 2.24) is 0 Å². The standard InChI is InChI=1S/C17H23BrO4/c1-4-6-7-8-14-16-10-17(22-14)15(20-11(3)19)9-12(18)13(5-2)21-16/h1,6-7,12-17H,5,8-10H2,2-3H3/t12-,13+,14?,15+,16+,17+/m0/s1. The molecule has 0 amide bonds. The molecule has 0 spiro atoms. The van der Waals surface area contributed by atoms with Crippen LogP contribution in [0.5, 0.6) is 0 Å². The number of hydrogen-bond acceptors (Lipinski definition) is 4. The molecule has 2 rings (SSSR count). The van der Waals surface area contributed by atoms with E-state index >= 15 is 0 Å². The van der Waals surface area contributed by atoms with Crippen molar-refractivity contribution in [2.45, 2.75) is 74.9 Å². The topological polar surface area (TPSA) is 44.8 Å². The SMILES string of the molecule is C#CC=CCC1O[C@@H]2C[C@H]1O[C@H](CC)[C@@H](Br)C[C@H]2OC(C)=O. The van der Waals surface area contributed by atoms with Crippen LogP contribution in [-0.2, 0) is 19.0 Å². The minimum Gasteiger partial charge on any atom is -0.460 e. The number of hydrogen-bond donors (Lipinski definition) is 0. The van der Waals surface area contributed by atoms with Crippen molar-refractivity contribution in [3.8, 4) is 12.3 Å². The van der Waals surface area contributed by atoms with E-state index in [0.29, 0.717) is 12.8 Å². The number of esters is 1. The van der Waals surface area contributed by atoms with Gasteiger partial charge in [0.25, 0.3) is 0 Å². The predicted octanol–water partition coefficient (Wildman–Crippen LogP) is 2.99. The fourth-order valence-corrected chi connectivity index (χ4v) is 4.00. The van der Waals surface area contributed by atoms with Crippen molar-refractivity contribution in [1.29, 1.82) is 0 Å². The average molecular weight is 371 g/mol. The highest BCUT2D eigenvalue weighted by Crippen LogP contribution is 2.36. The molecule has 6 atom stereocenters. The lowest BCUT2D eigenvalue weighted by molar-refractivity contribution is -0.155. The third-order valence-corrected chi connectivity index (χ3v) is 5.12. The lowest BCUT2D eigenvalue weighted by Crippen LogP contribution is -2.40. The summed E-state index contributed by atoms with van der Waals surface area (Å²) in [5, 5.41) is 0. The van der Waals surface area contributed by atoms with E-state index in [-0.39, 0.29) is 41.3 Å². The third kappa shape index (κ3) is 4.34. The predicted molar refractivity (Wildman–Crippen MR) is 87.7 cm³/mol.